The Balaban J connectivity index is 1.61. The second-order valence-corrected chi connectivity index (χ2v) is 6.80. The van der Waals surface area contributed by atoms with Gasteiger partial charge < -0.3 is 14.5 Å². The predicted octanol–water partition coefficient (Wildman–Crippen LogP) is 2.41. The van der Waals surface area contributed by atoms with Crippen LogP contribution in [-0.2, 0) is 4.79 Å². The molecule has 0 radical (unpaired) electrons. The van der Waals surface area contributed by atoms with Crippen LogP contribution in [0.4, 0.5) is 0 Å². The molecule has 1 saturated heterocycles. The van der Waals surface area contributed by atoms with Crippen LogP contribution < -0.4 is 0 Å². The molecule has 3 atom stereocenters. The zero-order valence-corrected chi connectivity index (χ0v) is 12.4. The van der Waals surface area contributed by atoms with Gasteiger partial charge in [-0.2, -0.15) is 0 Å². The average molecular weight is 304 g/mol. The van der Waals surface area contributed by atoms with Crippen molar-refractivity contribution in [3.8, 4) is 0 Å². The number of likely N-dealkylation sites (tertiary alicyclic amines) is 1. The van der Waals surface area contributed by atoms with Gasteiger partial charge in [-0.05, 0) is 38.0 Å². The van der Waals surface area contributed by atoms with E-state index in [1.54, 1.807) is 11.0 Å². The van der Waals surface area contributed by atoms with Crippen LogP contribution in [0.25, 0.3) is 0 Å². The van der Waals surface area contributed by atoms with E-state index in [-0.39, 0.29) is 17.6 Å². The number of carboxylic acids is 1. The molecule has 22 heavy (non-hydrogen) atoms. The van der Waals surface area contributed by atoms with E-state index in [1.807, 2.05) is 0 Å². The van der Waals surface area contributed by atoms with Gasteiger partial charge in [-0.15, -0.1) is 0 Å². The Kier molecular flexibility index (Phi) is 3.20. The molecule has 2 heterocycles. The third-order valence-electron chi connectivity index (χ3n) is 5.33. The standard InChI is InChI=1S/C16H20N2O4/c19-15(11-8-14(22-17-11)9-5-6-9)18-12-4-2-1-3-10(12)7-13(18)16(20)21/h8-10,12-13H,1-7H2,(H,20,21)/t10-,12-,13+/m1/s1. The van der Waals surface area contributed by atoms with Gasteiger partial charge in [-0.3, -0.25) is 4.79 Å². The van der Waals surface area contributed by atoms with Gasteiger partial charge in [0.25, 0.3) is 5.91 Å². The van der Waals surface area contributed by atoms with E-state index < -0.39 is 12.0 Å². The van der Waals surface area contributed by atoms with Gasteiger partial charge in [-0.25, -0.2) is 4.79 Å². The van der Waals surface area contributed by atoms with Gasteiger partial charge >= 0.3 is 5.97 Å². The largest absolute Gasteiger partial charge is 0.480 e. The number of hydrogen-bond donors (Lipinski definition) is 1. The molecule has 2 saturated carbocycles. The number of nitrogens with zero attached hydrogens (tertiary/aromatic N) is 2. The Morgan fingerprint density at radius 2 is 2.00 bits per heavy atom. The van der Waals surface area contributed by atoms with Crippen LogP contribution in [-0.4, -0.2) is 39.1 Å². The number of fused-ring (bicyclic) bond motifs is 1. The lowest BCUT2D eigenvalue weighted by Crippen LogP contribution is -2.46. The quantitative estimate of drug-likeness (QED) is 0.927. The zero-order chi connectivity index (χ0) is 15.3. The summed E-state index contributed by atoms with van der Waals surface area (Å²) >= 11 is 0. The molecule has 6 heteroatoms. The Labute approximate surface area is 128 Å². The summed E-state index contributed by atoms with van der Waals surface area (Å²) in [6.07, 6.45) is 6.83. The number of rotatable bonds is 3. The molecule has 0 spiro atoms. The first-order valence-corrected chi connectivity index (χ1v) is 8.17. The van der Waals surface area contributed by atoms with Crippen molar-refractivity contribution < 1.29 is 19.2 Å². The van der Waals surface area contributed by atoms with Gasteiger partial charge in [0.1, 0.15) is 11.8 Å². The number of hydrogen-bond acceptors (Lipinski definition) is 4. The summed E-state index contributed by atoms with van der Waals surface area (Å²) in [5, 5.41) is 13.4. The minimum Gasteiger partial charge on any atom is -0.480 e. The van der Waals surface area contributed by atoms with E-state index in [0.29, 0.717) is 18.3 Å². The molecule has 6 nitrogen and oxygen atoms in total. The fraction of sp³-hybridized carbons (Fsp3) is 0.688. The smallest absolute Gasteiger partial charge is 0.326 e. The Bertz CT molecular complexity index is 607. The molecule has 1 N–H and O–H groups in total. The molecule has 3 aliphatic rings. The van der Waals surface area contributed by atoms with Crippen LogP contribution >= 0.6 is 0 Å². The molecule has 3 fully saturated rings. The maximum atomic E-state index is 12.8. The number of amides is 1. The third-order valence-corrected chi connectivity index (χ3v) is 5.33. The summed E-state index contributed by atoms with van der Waals surface area (Å²) in [5.41, 5.74) is 0.263. The topological polar surface area (TPSA) is 83.6 Å². The predicted molar refractivity (Wildman–Crippen MR) is 76.4 cm³/mol. The minimum atomic E-state index is -0.909. The normalized spacial score (nSPS) is 31.1. The molecule has 4 rings (SSSR count). The van der Waals surface area contributed by atoms with Crippen molar-refractivity contribution in [2.45, 2.75) is 62.9 Å². The molecular weight excluding hydrogens is 284 g/mol. The van der Waals surface area contributed by atoms with Gasteiger partial charge in [0.05, 0.1) is 0 Å². The molecule has 1 aromatic rings. The van der Waals surface area contributed by atoms with Crippen LogP contribution in [0.2, 0.25) is 0 Å². The van der Waals surface area contributed by atoms with E-state index in [2.05, 4.69) is 5.16 Å². The highest BCUT2D eigenvalue weighted by Gasteiger charge is 2.48. The molecule has 0 aromatic carbocycles. The summed E-state index contributed by atoms with van der Waals surface area (Å²) in [4.78, 5) is 26.0. The molecule has 0 unspecified atom stereocenters. The number of aliphatic carboxylic acids is 1. The number of aromatic nitrogens is 1. The van der Waals surface area contributed by atoms with E-state index in [0.717, 1.165) is 44.3 Å². The Morgan fingerprint density at radius 3 is 2.73 bits per heavy atom. The maximum Gasteiger partial charge on any atom is 0.326 e. The number of carbonyl (C=O) groups excluding carboxylic acids is 1. The summed E-state index contributed by atoms with van der Waals surface area (Å²) in [5.74, 6) is 0.277. The molecule has 118 valence electrons. The highest BCUT2D eigenvalue weighted by Crippen LogP contribution is 2.42. The van der Waals surface area contributed by atoms with Crippen molar-refractivity contribution in [3.05, 3.63) is 17.5 Å². The fourth-order valence-corrected chi connectivity index (χ4v) is 4.06. The first-order chi connectivity index (χ1) is 10.6. The monoisotopic (exact) mass is 304 g/mol. The summed E-state index contributed by atoms with van der Waals surface area (Å²) in [6, 6.07) is 1.03. The van der Waals surface area contributed by atoms with Gasteiger partial charge in [0.2, 0.25) is 0 Å². The number of carboxylic acid groups (broad SMARTS) is 1. The van der Waals surface area contributed by atoms with E-state index in [1.165, 1.54) is 0 Å². The van der Waals surface area contributed by atoms with Crippen molar-refractivity contribution in [2.75, 3.05) is 0 Å². The summed E-state index contributed by atoms with van der Waals surface area (Å²) < 4.78 is 5.26. The van der Waals surface area contributed by atoms with E-state index >= 15 is 0 Å². The van der Waals surface area contributed by atoms with Crippen molar-refractivity contribution in [1.29, 1.82) is 0 Å². The highest BCUT2D eigenvalue weighted by atomic mass is 16.5. The Hall–Kier alpha value is -1.85. The van der Waals surface area contributed by atoms with Crippen LogP contribution in [0, 0.1) is 5.92 Å². The van der Waals surface area contributed by atoms with Crippen molar-refractivity contribution >= 4 is 11.9 Å². The lowest BCUT2D eigenvalue weighted by Gasteiger charge is -2.32. The maximum absolute atomic E-state index is 12.8. The molecule has 2 aliphatic carbocycles. The first kappa shape index (κ1) is 13.8. The van der Waals surface area contributed by atoms with Crippen molar-refractivity contribution in [2.24, 2.45) is 5.92 Å². The van der Waals surface area contributed by atoms with E-state index in [9.17, 15) is 14.7 Å². The number of carbonyl (C=O) groups is 2. The van der Waals surface area contributed by atoms with Crippen LogP contribution in [0.3, 0.4) is 0 Å². The second kappa shape index (κ2) is 5.11. The van der Waals surface area contributed by atoms with Crippen LogP contribution in [0.1, 0.15) is 67.1 Å². The van der Waals surface area contributed by atoms with Crippen LogP contribution in [0.15, 0.2) is 10.6 Å². The van der Waals surface area contributed by atoms with Gasteiger partial charge in [-0.1, -0.05) is 18.0 Å². The second-order valence-electron chi connectivity index (χ2n) is 6.80. The fourth-order valence-electron chi connectivity index (χ4n) is 4.06. The zero-order valence-electron chi connectivity index (χ0n) is 12.4. The SMILES string of the molecule is O=C(O)[C@@H]1C[C@H]2CCCC[C@H]2N1C(=O)c1cc(C2CC2)on1. The lowest BCUT2D eigenvalue weighted by molar-refractivity contribution is -0.141. The highest BCUT2D eigenvalue weighted by molar-refractivity contribution is 5.95. The van der Waals surface area contributed by atoms with Crippen molar-refractivity contribution in [1.82, 2.24) is 10.1 Å². The first-order valence-electron chi connectivity index (χ1n) is 8.17. The molecule has 1 aliphatic heterocycles. The minimum absolute atomic E-state index is 0.0448. The summed E-state index contributed by atoms with van der Waals surface area (Å²) in [7, 11) is 0. The third kappa shape index (κ3) is 2.21. The average Bonchev–Trinajstić information content (AvgIpc) is 3.12. The molecule has 1 aromatic heterocycles. The van der Waals surface area contributed by atoms with Crippen LogP contribution in [0.5, 0.6) is 0 Å². The lowest BCUT2D eigenvalue weighted by atomic mass is 9.84. The van der Waals surface area contributed by atoms with Gasteiger partial charge in [0, 0.05) is 18.0 Å². The molecule has 0 bridgehead atoms. The van der Waals surface area contributed by atoms with E-state index in [4.69, 9.17) is 4.52 Å². The Morgan fingerprint density at radius 1 is 1.23 bits per heavy atom. The molecular formula is C16H20N2O4. The van der Waals surface area contributed by atoms with Crippen molar-refractivity contribution in [3.63, 3.8) is 0 Å². The summed E-state index contributed by atoms with van der Waals surface area (Å²) in [6.45, 7) is 0. The molecule has 1 amide bonds. The van der Waals surface area contributed by atoms with Gasteiger partial charge in [0.15, 0.2) is 5.69 Å².